The summed E-state index contributed by atoms with van der Waals surface area (Å²) < 4.78 is 79.4. The molecule has 0 amide bonds. The Morgan fingerprint density at radius 2 is 1.52 bits per heavy atom. The molecule has 132 valence electrons. The fourth-order valence-corrected chi connectivity index (χ4v) is 2.41. The molecule has 25 heavy (non-hydrogen) atoms. The monoisotopic (exact) mass is 360 g/mol. The number of hydrogen-bond donors (Lipinski definition) is 1. The van der Waals surface area contributed by atoms with Crippen molar-refractivity contribution in [2.24, 2.45) is 0 Å². The van der Waals surface area contributed by atoms with Crippen molar-refractivity contribution in [2.75, 3.05) is 12.4 Å². The van der Waals surface area contributed by atoms with Crippen LogP contribution < -0.4 is 5.32 Å². The number of benzene rings is 1. The van der Waals surface area contributed by atoms with Crippen LogP contribution >= 0.6 is 0 Å². The van der Waals surface area contributed by atoms with Crippen LogP contribution in [-0.4, -0.2) is 21.4 Å². The summed E-state index contributed by atoms with van der Waals surface area (Å²) in [6.45, 7) is 0. The Balaban J connectivity index is 2.27. The summed E-state index contributed by atoms with van der Waals surface area (Å²) in [7, 11) is 1.57. The van der Waals surface area contributed by atoms with Gasteiger partial charge >= 0.3 is 12.4 Å². The number of nitrogens with one attached hydrogen (secondary N) is 1. The summed E-state index contributed by atoms with van der Waals surface area (Å²) in [6, 6.07) is 1.42. The molecule has 0 bridgehead atoms. The van der Waals surface area contributed by atoms with Gasteiger partial charge in [0.1, 0.15) is 0 Å². The molecule has 0 aliphatic rings. The zero-order valence-corrected chi connectivity index (χ0v) is 12.6. The Hall–Kier alpha value is -2.78. The van der Waals surface area contributed by atoms with E-state index < -0.39 is 23.5 Å². The summed E-state index contributed by atoms with van der Waals surface area (Å²) >= 11 is 0. The Labute approximate surface area is 137 Å². The normalized spacial score (nSPS) is 12.6. The van der Waals surface area contributed by atoms with E-state index in [0.29, 0.717) is 18.0 Å². The topological polar surface area (TPSA) is 42.2 Å². The van der Waals surface area contributed by atoms with Gasteiger partial charge in [-0.05, 0) is 18.2 Å². The molecule has 0 aliphatic carbocycles. The second-order valence-corrected chi connectivity index (χ2v) is 5.16. The highest BCUT2D eigenvalue weighted by molar-refractivity contribution is 5.71. The second-order valence-electron chi connectivity index (χ2n) is 5.16. The standard InChI is InChI=1S/C15H10F6N4/c1-22-12-13-24-7-11(25(13)3-2-23-12)8-4-9(14(16,17)18)6-10(5-8)15(19,20)21/h2-7H,1H3,(H,22,23). The van der Waals surface area contributed by atoms with E-state index >= 15 is 0 Å². The van der Waals surface area contributed by atoms with E-state index in [9.17, 15) is 26.3 Å². The molecule has 2 heterocycles. The average Bonchev–Trinajstić information content (AvgIpc) is 2.96. The highest BCUT2D eigenvalue weighted by Gasteiger charge is 2.37. The number of alkyl halides is 6. The summed E-state index contributed by atoms with van der Waals surface area (Å²) in [5.41, 5.74) is -2.63. The molecular weight excluding hydrogens is 350 g/mol. The highest BCUT2D eigenvalue weighted by atomic mass is 19.4. The van der Waals surface area contributed by atoms with E-state index in [1.807, 2.05) is 0 Å². The van der Waals surface area contributed by atoms with Gasteiger partial charge in [-0.3, -0.25) is 4.40 Å². The van der Waals surface area contributed by atoms with Crippen molar-refractivity contribution >= 4 is 11.5 Å². The minimum absolute atomic E-state index is 0.0884. The third-order valence-corrected chi connectivity index (χ3v) is 3.55. The van der Waals surface area contributed by atoms with Gasteiger partial charge in [0, 0.05) is 25.0 Å². The van der Waals surface area contributed by atoms with Crippen LogP contribution in [0.25, 0.3) is 16.9 Å². The molecule has 2 aromatic heterocycles. The third kappa shape index (κ3) is 3.11. The maximum Gasteiger partial charge on any atom is 0.416 e. The fourth-order valence-electron chi connectivity index (χ4n) is 2.41. The summed E-state index contributed by atoms with van der Waals surface area (Å²) in [6.07, 6.45) is -5.84. The van der Waals surface area contributed by atoms with Crippen LogP contribution in [0.2, 0.25) is 0 Å². The Morgan fingerprint density at radius 3 is 2.04 bits per heavy atom. The van der Waals surface area contributed by atoms with Crippen LogP contribution in [0.3, 0.4) is 0 Å². The van der Waals surface area contributed by atoms with E-state index in [0.717, 1.165) is 0 Å². The molecule has 0 aliphatic heterocycles. The van der Waals surface area contributed by atoms with Gasteiger partial charge in [0.15, 0.2) is 11.5 Å². The average molecular weight is 360 g/mol. The molecule has 4 nitrogen and oxygen atoms in total. The lowest BCUT2D eigenvalue weighted by Gasteiger charge is -2.14. The van der Waals surface area contributed by atoms with Gasteiger partial charge in [0.05, 0.1) is 23.0 Å². The van der Waals surface area contributed by atoms with Crippen LogP contribution in [0.15, 0.2) is 36.8 Å². The van der Waals surface area contributed by atoms with Crippen molar-refractivity contribution in [3.05, 3.63) is 47.9 Å². The molecule has 0 spiro atoms. The molecule has 10 heteroatoms. The largest absolute Gasteiger partial charge is 0.416 e. The SMILES string of the molecule is CNc1nccn2c(-c3cc(C(F)(F)F)cc(C(F)(F)F)c3)cnc12. The number of rotatable bonds is 2. The Kier molecular flexibility index (Phi) is 3.85. The lowest BCUT2D eigenvalue weighted by atomic mass is 10.0. The lowest BCUT2D eigenvalue weighted by Crippen LogP contribution is -2.11. The molecule has 0 saturated carbocycles. The van der Waals surface area contributed by atoms with Crippen molar-refractivity contribution in [1.29, 1.82) is 0 Å². The van der Waals surface area contributed by atoms with Crippen molar-refractivity contribution in [2.45, 2.75) is 12.4 Å². The summed E-state index contributed by atoms with van der Waals surface area (Å²) in [4.78, 5) is 8.02. The van der Waals surface area contributed by atoms with Crippen LogP contribution in [0.5, 0.6) is 0 Å². The van der Waals surface area contributed by atoms with Crippen molar-refractivity contribution in [3.8, 4) is 11.3 Å². The molecule has 0 saturated heterocycles. The van der Waals surface area contributed by atoms with E-state index in [1.54, 1.807) is 7.05 Å². The molecule has 3 rings (SSSR count). The molecular formula is C15H10F6N4. The number of aromatic nitrogens is 3. The number of anilines is 1. The highest BCUT2D eigenvalue weighted by Crippen LogP contribution is 2.38. The van der Waals surface area contributed by atoms with Crippen LogP contribution in [0.4, 0.5) is 32.2 Å². The Bertz CT molecular complexity index is 894. The molecule has 1 N–H and O–H groups in total. The molecule has 1 aromatic carbocycles. The molecule has 3 aromatic rings. The first-order chi connectivity index (χ1) is 11.6. The van der Waals surface area contributed by atoms with Gasteiger partial charge in [-0.15, -0.1) is 0 Å². The number of hydrogen-bond acceptors (Lipinski definition) is 3. The number of fused-ring (bicyclic) bond motifs is 1. The minimum atomic E-state index is -4.91. The van der Waals surface area contributed by atoms with Gasteiger partial charge in [0.2, 0.25) is 0 Å². The number of imidazole rings is 1. The van der Waals surface area contributed by atoms with Gasteiger partial charge in [-0.25, -0.2) is 9.97 Å². The maximum absolute atomic E-state index is 13.0. The molecule has 0 atom stereocenters. The Morgan fingerprint density at radius 1 is 0.920 bits per heavy atom. The predicted molar refractivity (Wildman–Crippen MR) is 78.0 cm³/mol. The van der Waals surface area contributed by atoms with Crippen LogP contribution in [-0.2, 0) is 12.4 Å². The van der Waals surface area contributed by atoms with Gasteiger partial charge in [-0.2, -0.15) is 26.3 Å². The molecule has 0 fully saturated rings. The number of halogens is 6. The van der Waals surface area contributed by atoms with E-state index in [2.05, 4.69) is 15.3 Å². The fraction of sp³-hybridized carbons (Fsp3) is 0.200. The first kappa shape index (κ1) is 17.1. The summed E-state index contributed by atoms with van der Waals surface area (Å²) in [5.74, 6) is 0.344. The predicted octanol–water partition coefficient (Wildman–Crippen LogP) is 4.48. The van der Waals surface area contributed by atoms with Gasteiger partial charge in [0.25, 0.3) is 0 Å². The lowest BCUT2D eigenvalue weighted by molar-refractivity contribution is -0.143. The quantitative estimate of drug-likeness (QED) is 0.686. The van der Waals surface area contributed by atoms with Gasteiger partial charge in [-0.1, -0.05) is 0 Å². The zero-order chi connectivity index (χ0) is 18.4. The van der Waals surface area contributed by atoms with E-state index in [1.165, 1.54) is 23.0 Å². The van der Waals surface area contributed by atoms with Crippen LogP contribution in [0, 0.1) is 0 Å². The van der Waals surface area contributed by atoms with E-state index in [4.69, 9.17) is 0 Å². The van der Waals surface area contributed by atoms with Crippen LogP contribution in [0.1, 0.15) is 11.1 Å². The second kappa shape index (κ2) is 5.64. The number of nitrogens with zero attached hydrogens (tertiary/aromatic N) is 3. The van der Waals surface area contributed by atoms with E-state index in [-0.39, 0.29) is 23.0 Å². The smallest absolute Gasteiger partial charge is 0.370 e. The minimum Gasteiger partial charge on any atom is -0.370 e. The van der Waals surface area contributed by atoms with Crippen molar-refractivity contribution < 1.29 is 26.3 Å². The zero-order valence-electron chi connectivity index (χ0n) is 12.6. The molecule has 0 radical (unpaired) electrons. The maximum atomic E-state index is 13.0. The third-order valence-electron chi connectivity index (χ3n) is 3.55. The van der Waals surface area contributed by atoms with Crippen molar-refractivity contribution in [1.82, 2.24) is 14.4 Å². The van der Waals surface area contributed by atoms with Crippen molar-refractivity contribution in [3.63, 3.8) is 0 Å². The first-order valence-electron chi connectivity index (χ1n) is 6.91. The first-order valence-corrected chi connectivity index (χ1v) is 6.91. The molecule has 0 unspecified atom stereocenters. The van der Waals surface area contributed by atoms with Gasteiger partial charge < -0.3 is 5.32 Å². The summed E-state index contributed by atoms with van der Waals surface area (Å²) in [5, 5.41) is 2.75.